The molecule has 1 aromatic rings. The van der Waals surface area contributed by atoms with Gasteiger partial charge in [0.2, 0.25) is 0 Å². The average molecular weight is 234 g/mol. The normalized spacial score (nSPS) is 17.1. The molecule has 0 bridgehead atoms. The molecule has 0 amide bonds. The zero-order valence-electron chi connectivity index (χ0n) is 10.7. The molecule has 1 fully saturated rings. The summed E-state index contributed by atoms with van der Waals surface area (Å²) in [5.74, 6) is 1.15. The van der Waals surface area contributed by atoms with Gasteiger partial charge in [0.25, 0.3) is 0 Å². The van der Waals surface area contributed by atoms with Crippen LogP contribution in [0.2, 0.25) is 0 Å². The Bertz CT molecular complexity index is 384. The topological polar surface area (TPSA) is 44.3 Å². The highest BCUT2D eigenvalue weighted by atomic mass is 16.3. The van der Waals surface area contributed by atoms with Gasteiger partial charge in [-0.3, -0.25) is 0 Å². The molecular weight excluding hydrogens is 212 g/mol. The van der Waals surface area contributed by atoms with E-state index in [-0.39, 0.29) is 0 Å². The molecule has 0 saturated carbocycles. The first-order valence-electron chi connectivity index (χ1n) is 6.41. The Balaban J connectivity index is 1.96. The number of phenols is 1. The fraction of sp³-hybridized carbons (Fsp3) is 0.571. The van der Waals surface area contributed by atoms with Crippen molar-refractivity contribution in [2.24, 2.45) is 5.92 Å². The van der Waals surface area contributed by atoms with Gasteiger partial charge in [0.15, 0.2) is 0 Å². The molecule has 1 aliphatic heterocycles. The molecule has 94 valence electrons. The Morgan fingerprint density at radius 3 is 2.65 bits per heavy atom. The van der Waals surface area contributed by atoms with Crippen molar-refractivity contribution in [3.63, 3.8) is 0 Å². The summed E-state index contributed by atoms with van der Waals surface area (Å²) in [6, 6.07) is 3.87. The molecule has 3 N–H and O–H groups in total. The number of rotatable bonds is 3. The second-order valence-corrected chi connectivity index (χ2v) is 5.03. The fourth-order valence-corrected chi connectivity index (χ4v) is 2.33. The molecule has 0 aromatic heterocycles. The standard InChI is InChI=1S/C14H22N2O/c1-10-8-14(17)11(2)7-13(10)16-9-12-3-5-15-6-4-12/h7-8,12,15-17H,3-6,9H2,1-2H3. The Kier molecular flexibility index (Phi) is 3.89. The molecule has 17 heavy (non-hydrogen) atoms. The van der Waals surface area contributed by atoms with Gasteiger partial charge in [0.05, 0.1) is 0 Å². The van der Waals surface area contributed by atoms with E-state index >= 15 is 0 Å². The molecular formula is C14H22N2O. The third-order valence-electron chi connectivity index (χ3n) is 3.58. The summed E-state index contributed by atoms with van der Waals surface area (Å²) in [7, 11) is 0. The maximum Gasteiger partial charge on any atom is 0.118 e. The van der Waals surface area contributed by atoms with Gasteiger partial charge in [-0.25, -0.2) is 0 Å². The van der Waals surface area contributed by atoms with E-state index in [1.165, 1.54) is 12.8 Å². The summed E-state index contributed by atoms with van der Waals surface area (Å²) >= 11 is 0. The van der Waals surface area contributed by atoms with E-state index in [0.717, 1.165) is 42.4 Å². The van der Waals surface area contributed by atoms with Crippen LogP contribution in [0.1, 0.15) is 24.0 Å². The van der Waals surface area contributed by atoms with E-state index in [4.69, 9.17) is 0 Å². The minimum atomic E-state index is 0.384. The number of anilines is 1. The van der Waals surface area contributed by atoms with Crippen molar-refractivity contribution in [1.82, 2.24) is 5.32 Å². The van der Waals surface area contributed by atoms with Crippen LogP contribution in [-0.4, -0.2) is 24.7 Å². The van der Waals surface area contributed by atoms with Gasteiger partial charge in [-0.05, 0) is 69.0 Å². The van der Waals surface area contributed by atoms with Crippen molar-refractivity contribution < 1.29 is 5.11 Å². The third-order valence-corrected chi connectivity index (χ3v) is 3.58. The van der Waals surface area contributed by atoms with Crippen LogP contribution in [0.15, 0.2) is 12.1 Å². The van der Waals surface area contributed by atoms with Crippen LogP contribution in [0.4, 0.5) is 5.69 Å². The second-order valence-electron chi connectivity index (χ2n) is 5.03. The highest BCUT2D eigenvalue weighted by molar-refractivity contribution is 5.56. The quantitative estimate of drug-likeness (QED) is 0.704. The van der Waals surface area contributed by atoms with Crippen molar-refractivity contribution in [2.45, 2.75) is 26.7 Å². The first kappa shape index (κ1) is 12.2. The minimum Gasteiger partial charge on any atom is -0.508 e. The predicted octanol–water partition coefficient (Wildman–Crippen LogP) is 2.42. The Labute approximate surface area is 103 Å². The third kappa shape index (κ3) is 3.13. The van der Waals surface area contributed by atoms with Crippen LogP contribution < -0.4 is 10.6 Å². The summed E-state index contributed by atoms with van der Waals surface area (Å²) in [6.07, 6.45) is 2.51. The molecule has 3 heteroatoms. The number of phenolic OH excluding ortho intramolecular Hbond substituents is 1. The van der Waals surface area contributed by atoms with E-state index in [2.05, 4.69) is 10.6 Å². The van der Waals surface area contributed by atoms with Gasteiger partial charge >= 0.3 is 0 Å². The molecule has 1 aromatic carbocycles. The number of piperidine rings is 1. The lowest BCUT2D eigenvalue weighted by atomic mass is 9.98. The molecule has 1 saturated heterocycles. The second kappa shape index (κ2) is 5.41. The number of hydrogen-bond acceptors (Lipinski definition) is 3. The maximum atomic E-state index is 9.61. The van der Waals surface area contributed by atoms with Gasteiger partial charge in [0, 0.05) is 12.2 Å². The Morgan fingerprint density at radius 2 is 1.94 bits per heavy atom. The number of aromatic hydroxyl groups is 1. The molecule has 0 unspecified atom stereocenters. The lowest BCUT2D eigenvalue weighted by Gasteiger charge is -2.23. The van der Waals surface area contributed by atoms with Gasteiger partial charge in [-0.2, -0.15) is 0 Å². The molecule has 1 heterocycles. The molecule has 0 spiro atoms. The SMILES string of the molecule is Cc1cc(NCC2CCNCC2)c(C)cc1O. The van der Waals surface area contributed by atoms with E-state index in [9.17, 15) is 5.11 Å². The number of hydrogen-bond donors (Lipinski definition) is 3. The molecule has 0 atom stereocenters. The largest absolute Gasteiger partial charge is 0.508 e. The molecule has 1 aliphatic rings. The van der Waals surface area contributed by atoms with Crippen LogP contribution in [0.5, 0.6) is 5.75 Å². The predicted molar refractivity (Wildman–Crippen MR) is 71.7 cm³/mol. The van der Waals surface area contributed by atoms with Crippen LogP contribution in [0.3, 0.4) is 0 Å². The van der Waals surface area contributed by atoms with Crippen LogP contribution in [-0.2, 0) is 0 Å². The zero-order chi connectivity index (χ0) is 12.3. The highest BCUT2D eigenvalue weighted by Gasteiger charge is 2.13. The minimum absolute atomic E-state index is 0.384. The first-order chi connectivity index (χ1) is 8.16. The zero-order valence-corrected chi connectivity index (χ0v) is 10.7. The Morgan fingerprint density at radius 1 is 1.24 bits per heavy atom. The van der Waals surface area contributed by atoms with E-state index in [0.29, 0.717) is 5.75 Å². The molecule has 3 nitrogen and oxygen atoms in total. The number of benzene rings is 1. The van der Waals surface area contributed by atoms with E-state index in [1.54, 1.807) is 0 Å². The summed E-state index contributed by atoms with van der Waals surface area (Å²) < 4.78 is 0. The maximum absolute atomic E-state index is 9.61. The fourth-order valence-electron chi connectivity index (χ4n) is 2.33. The Hall–Kier alpha value is -1.22. The molecule has 2 rings (SSSR count). The summed E-state index contributed by atoms with van der Waals surface area (Å²) in [6.45, 7) is 7.28. The highest BCUT2D eigenvalue weighted by Crippen LogP contribution is 2.25. The lowest BCUT2D eigenvalue weighted by molar-refractivity contribution is 0.390. The van der Waals surface area contributed by atoms with Crippen molar-refractivity contribution in [1.29, 1.82) is 0 Å². The van der Waals surface area contributed by atoms with E-state index in [1.807, 2.05) is 26.0 Å². The van der Waals surface area contributed by atoms with Crippen molar-refractivity contribution >= 4 is 5.69 Å². The van der Waals surface area contributed by atoms with Crippen LogP contribution in [0.25, 0.3) is 0 Å². The summed E-state index contributed by atoms with van der Waals surface area (Å²) in [4.78, 5) is 0. The van der Waals surface area contributed by atoms with Crippen molar-refractivity contribution in [2.75, 3.05) is 25.0 Å². The summed E-state index contributed by atoms with van der Waals surface area (Å²) in [5, 5.41) is 16.5. The van der Waals surface area contributed by atoms with Gasteiger partial charge in [-0.15, -0.1) is 0 Å². The average Bonchev–Trinajstić information content (AvgIpc) is 2.33. The van der Waals surface area contributed by atoms with Crippen LogP contribution >= 0.6 is 0 Å². The monoisotopic (exact) mass is 234 g/mol. The lowest BCUT2D eigenvalue weighted by Crippen LogP contribution is -2.31. The van der Waals surface area contributed by atoms with Gasteiger partial charge in [0.1, 0.15) is 5.75 Å². The smallest absolute Gasteiger partial charge is 0.118 e. The number of nitrogens with one attached hydrogen (secondary N) is 2. The van der Waals surface area contributed by atoms with Crippen molar-refractivity contribution in [3.8, 4) is 5.75 Å². The molecule has 0 aliphatic carbocycles. The van der Waals surface area contributed by atoms with Crippen molar-refractivity contribution in [3.05, 3.63) is 23.3 Å². The van der Waals surface area contributed by atoms with Crippen LogP contribution in [0, 0.1) is 19.8 Å². The number of aryl methyl sites for hydroxylation is 2. The molecule has 0 radical (unpaired) electrons. The van der Waals surface area contributed by atoms with E-state index < -0.39 is 0 Å². The first-order valence-corrected chi connectivity index (χ1v) is 6.41. The van der Waals surface area contributed by atoms with Gasteiger partial charge in [-0.1, -0.05) is 0 Å². The van der Waals surface area contributed by atoms with Gasteiger partial charge < -0.3 is 15.7 Å². The summed E-state index contributed by atoms with van der Waals surface area (Å²) in [5.41, 5.74) is 3.20.